The van der Waals surface area contributed by atoms with Crippen molar-refractivity contribution in [3.05, 3.63) is 0 Å². The largest absolute Gasteiger partial charge is 0.480 e. The molecule has 0 aromatic carbocycles. The summed E-state index contributed by atoms with van der Waals surface area (Å²) in [6.45, 7) is 1.80. The van der Waals surface area contributed by atoms with Crippen molar-refractivity contribution in [2.75, 3.05) is 0 Å². The average molecular weight is 263 g/mol. The van der Waals surface area contributed by atoms with E-state index in [0.29, 0.717) is 25.7 Å². The Morgan fingerprint density at radius 3 is 2.67 bits per heavy atom. The molecule has 0 aromatic rings. The molecule has 2 N–H and O–H groups in total. The maximum Gasteiger partial charge on any atom is 0.326 e. The average Bonchev–Trinajstić information content (AvgIpc) is 2.26. The molecular formula is C12H19F2NO3. The minimum atomic E-state index is -2.80. The molecule has 18 heavy (non-hydrogen) atoms. The summed E-state index contributed by atoms with van der Waals surface area (Å²) in [5, 5.41) is 11.2. The van der Waals surface area contributed by atoms with Crippen molar-refractivity contribution in [1.29, 1.82) is 0 Å². The zero-order valence-corrected chi connectivity index (χ0v) is 10.4. The number of halogens is 2. The molecule has 0 saturated heterocycles. The standard InChI is InChI=1S/C12H19F2NO3/c1-2-4-9(11(17)18)15-10(16)8-5-3-6-12(13,14)7-8/h8-9H,2-7H2,1H3,(H,15,16)(H,17,18)/t8?,9-/m1/s1. The fraction of sp³-hybridized carbons (Fsp3) is 0.833. The third-order valence-electron chi connectivity index (χ3n) is 3.20. The van der Waals surface area contributed by atoms with Crippen molar-refractivity contribution < 1.29 is 23.5 Å². The highest BCUT2D eigenvalue weighted by molar-refractivity contribution is 5.85. The molecule has 0 aliphatic heterocycles. The van der Waals surface area contributed by atoms with Crippen LogP contribution in [0.4, 0.5) is 8.78 Å². The van der Waals surface area contributed by atoms with Gasteiger partial charge in [0.1, 0.15) is 6.04 Å². The van der Waals surface area contributed by atoms with Crippen LogP contribution in [0, 0.1) is 5.92 Å². The lowest BCUT2D eigenvalue weighted by Gasteiger charge is -2.28. The number of amides is 1. The fourth-order valence-corrected chi connectivity index (χ4v) is 2.23. The molecule has 1 saturated carbocycles. The van der Waals surface area contributed by atoms with E-state index in [-0.39, 0.29) is 6.42 Å². The fourth-order valence-electron chi connectivity index (χ4n) is 2.23. The van der Waals surface area contributed by atoms with Crippen molar-refractivity contribution in [3.8, 4) is 0 Å². The van der Waals surface area contributed by atoms with E-state index in [0.717, 1.165) is 0 Å². The first-order chi connectivity index (χ1) is 8.35. The van der Waals surface area contributed by atoms with Crippen LogP contribution < -0.4 is 5.32 Å². The van der Waals surface area contributed by atoms with Crippen LogP contribution >= 0.6 is 0 Å². The minimum Gasteiger partial charge on any atom is -0.480 e. The maximum atomic E-state index is 13.2. The van der Waals surface area contributed by atoms with Crippen LogP contribution in [0.2, 0.25) is 0 Å². The Kier molecular flexibility index (Phi) is 5.04. The Balaban J connectivity index is 2.55. The second-order valence-corrected chi connectivity index (χ2v) is 4.84. The highest BCUT2D eigenvalue weighted by atomic mass is 19.3. The van der Waals surface area contributed by atoms with E-state index in [1.165, 1.54) is 0 Å². The van der Waals surface area contributed by atoms with Gasteiger partial charge in [-0.1, -0.05) is 13.3 Å². The monoisotopic (exact) mass is 263 g/mol. The molecule has 0 radical (unpaired) electrons. The molecule has 1 fully saturated rings. The summed E-state index contributed by atoms with van der Waals surface area (Å²) in [4.78, 5) is 22.6. The Labute approximate surface area is 105 Å². The normalized spacial score (nSPS) is 24.3. The van der Waals surface area contributed by atoms with Gasteiger partial charge in [0.25, 0.3) is 0 Å². The molecule has 2 atom stereocenters. The van der Waals surface area contributed by atoms with Crippen LogP contribution in [0.1, 0.15) is 45.4 Å². The molecule has 1 aliphatic rings. The summed E-state index contributed by atoms with van der Waals surface area (Å²) in [6.07, 6.45) is 0.962. The Morgan fingerprint density at radius 2 is 2.17 bits per heavy atom. The molecule has 1 unspecified atom stereocenters. The van der Waals surface area contributed by atoms with Crippen LogP contribution in [0.3, 0.4) is 0 Å². The van der Waals surface area contributed by atoms with Crippen molar-refractivity contribution in [2.45, 2.75) is 57.4 Å². The van der Waals surface area contributed by atoms with E-state index < -0.39 is 36.2 Å². The first-order valence-electron chi connectivity index (χ1n) is 6.26. The van der Waals surface area contributed by atoms with Crippen molar-refractivity contribution >= 4 is 11.9 Å². The number of alkyl halides is 2. The number of nitrogens with one attached hydrogen (secondary N) is 1. The first-order valence-corrected chi connectivity index (χ1v) is 6.26. The Bertz CT molecular complexity index is 320. The van der Waals surface area contributed by atoms with E-state index in [4.69, 9.17) is 5.11 Å². The van der Waals surface area contributed by atoms with Gasteiger partial charge in [0.15, 0.2) is 0 Å². The summed E-state index contributed by atoms with van der Waals surface area (Å²) in [5.41, 5.74) is 0. The van der Waals surface area contributed by atoms with Gasteiger partial charge in [0, 0.05) is 18.8 Å². The lowest BCUT2D eigenvalue weighted by atomic mass is 9.85. The van der Waals surface area contributed by atoms with Crippen molar-refractivity contribution in [2.24, 2.45) is 5.92 Å². The molecule has 1 amide bonds. The van der Waals surface area contributed by atoms with Crippen LogP contribution in [0.15, 0.2) is 0 Å². The number of aliphatic carboxylic acids is 1. The van der Waals surface area contributed by atoms with Gasteiger partial charge >= 0.3 is 5.97 Å². The molecule has 1 rings (SSSR count). The zero-order valence-electron chi connectivity index (χ0n) is 10.4. The number of rotatable bonds is 5. The molecule has 0 aromatic heterocycles. The van der Waals surface area contributed by atoms with E-state index in [1.807, 2.05) is 0 Å². The van der Waals surface area contributed by atoms with Crippen LogP contribution in [0.25, 0.3) is 0 Å². The number of carbonyl (C=O) groups excluding carboxylic acids is 1. The predicted molar refractivity (Wildman–Crippen MR) is 61.4 cm³/mol. The number of carboxylic acids is 1. The summed E-state index contributed by atoms with van der Waals surface area (Å²) >= 11 is 0. The molecule has 0 heterocycles. The van der Waals surface area contributed by atoms with E-state index in [9.17, 15) is 18.4 Å². The van der Waals surface area contributed by atoms with E-state index in [1.54, 1.807) is 6.92 Å². The highest BCUT2D eigenvalue weighted by Crippen LogP contribution is 2.36. The number of carboxylic acid groups (broad SMARTS) is 1. The summed E-state index contributed by atoms with van der Waals surface area (Å²) < 4.78 is 26.3. The van der Waals surface area contributed by atoms with E-state index >= 15 is 0 Å². The van der Waals surface area contributed by atoms with Crippen molar-refractivity contribution in [3.63, 3.8) is 0 Å². The predicted octanol–water partition coefficient (Wildman–Crippen LogP) is 2.18. The Hall–Kier alpha value is -1.20. The van der Waals surface area contributed by atoms with Gasteiger partial charge in [0.05, 0.1) is 0 Å². The summed E-state index contributed by atoms with van der Waals surface area (Å²) in [6, 6.07) is -0.974. The second kappa shape index (κ2) is 6.11. The number of hydrogen-bond donors (Lipinski definition) is 2. The second-order valence-electron chi connectivity index (χ2n) is 4.84. The summed E-state index contributed by atoms with van der Waals surface area (Å²) in [7, 11) is 0. The van der Waals surface area contributed by atoms with Gasteiger partial charge in [-0.25, -0.2) is 13.6 Å². The van der Waals surface area contributed by atoms with Gasteiger partial charge in [0.2, 0.25) is 11.8 Å². The first kappa shape index (κ1) is 14.9. The van der Waals surface area contributed by atoms with Crippen LogP contribution in [0.5, 0.6) is 0 Å². The van der Waals surface area contributed by atoms with Gasteiger partial charge in [-0.05, 0) is 19.3 Å². The Morgan fingerprint density at radius 1 is 1.50 bits per heavy atom. The van der Waals surface area contributed by atoms with Gasteiger partial charge in [-0.15, -0.1) is 0 Å². The topological polar surface area (TPSA) is 66.4 Å². The van der Waals surface area contributed by atoms with Gasteiger partial charge in [-0.3, -0.25) is 4.79 Å². The lowest BCUT2D eigenvalue weighted by molar-refractivity contribution is -0.144. The number of carbonyl (C=O) groups is 2. The molecule has 6 heteroatoms. The quantitative estimate of drug-likeness (QED) is 0.799. The third-order valence-corrected chi connectivity index (χ3v) is 3.20. The molecule has 1 aliphatic carbocycles. The minimum absolute atomic E-state index is 0.186. The molecule has 0 spiro atoms. The highest BCUT2D eigenvalue weighted by Gasteiger charge is 2.39. The van der Waals surface area contributed by atoms with Crippen LogP contribution in [-0.4, -0.2) is 28.9 Å². The summed E-state index contributed by atoms with van der Waals surface area (Å²) in [5.74, 6) is -5.25. The zero-order chi connectivity index (χ0) is 13.8. The molecule has 4 nitrogen and oxygen atoms in total. The lowest BCUT2D eigenvalue weighted by Crippen LogP contribution is -2.45. The number of hydrogen-bond acceptors (Lipinski definition) is 2. The maximum absolute atomic E-state index is 13.2. The van der Waals surface area contributed by atoms with Crippen LogP contribution in [-0.2, 0) is 9.59 Å². The molecular weight excluding hydrogens is 244 g/mol. The smallest absolute Gasteiger partial charge is 0.326 e. The van der Waals surface area contributed by atoms with Gasteiger partial charge < -0.3 is 10.4 Å². The van der Waals surface area contributed by atoms with Gasteiger partial charge in [-0.2, -0.15) is 0 Å². The SMILES string of the molecule is CCC[C@@H](NC(=O)C1CCCC(F)(F)C1)C(=O)O. The third kappa shape index (κ3) is 4.23. The van der Waals surface area contributed by atoms with Crippen molar-refractivity contribution in [1.82, 2.24) is 5.32 Å². The van der Waals surface area contributed by atoms with E-state index in [2.05, 4.69) is 5.32 Å². The molecule has 104 valence electrons. The molecule has 0 bridgehead atoms.